The average Bonchev–Trinajstić information content (AvgIpc) is 3.17. The monoisotopic (exact) mass is 250 g/mol. The van der Waals surface area contributed by atoms with Crippen LogP contribution in [0.5, 0.6) is 5.88 Å². The van der Waals surface area contributed by atoms with Crippen molar-refractivity contribution in [2.24, 2.45) is 11.7 Å². The number of hydrogen-bond acceptors (Lipinski definition) is 5. The normalized spacial score (nSPS) is 16.4. The maximum absolute atomic E-state index is 6.03. The Labute approximate surface area is 108 Å². The summed E-state index contributed by atoms with van der Waals surface area (Å²) in [5.74, 6) is 1.92. The molecule has 5 heteroatoms. The SMILES string of the molecule is CCCOc1cc(C)nc(NCC(N)C2CC2)n1. The molecule has 0 saturated heterocycles. The van der Waals surface area contributed by atoms with Crippen molar-refractivity contribution >= 4 is 5.95 Å². The topological polar surface area (TPSA) is 73.1 Å². The molecule has 1 atom stereocenters. The van der Waals surface area contributed by atoms with Crippen molar-refractivity contribution in [2.75, 3.05) is 18.5 Å². The molecular weight excluding hydrogens is 228 g/mol. The Balaban J connectivity index is 1.91. The van der Waals surface area contributed by atoms with Gasteiger partial charge in [-0.3, -0.25) is 0 Å². The summed E-state index contributed by atoms with van der Waals surface area (Å²) in [6.45, 7) is 5.41. The first-order valence-electron chi connectivity index (χ1n) is 6.67. The molecule has 0 amide bonds. The zero-order valence-electron chi connectivity index (χ0n) is 11.1. The van der Waals surface area contributed by atoms with E-state index in [4.69, 9.17) is 10.5 Å². The van der Waals surface area contributed by atoms with Gasteiger partial charge in [0.2, 0.25) is 11.8 Å². The fourth-order valence-corrected chi connectivity index (χ4v) is 1.80. The van der Waals surface area contributed by atoms with E-state index in [1.54, 1.807) is 0 Å². The molecule has 1 unspecified atom stereocenters. The van der Waals surface area contributed by atoms with Crippen LogP contribution in [0.1, 0.15) is 31.9 Å². The first-order valence-corrected chi connectivity index (χ1v) is 6.67. The smallest absolute Gasteiger partial charge is 0.226 e. The van der Waals surface area contributed by atoms with Crippen molar-refractivity contribution in [2.45, 2.75) is 39.2 Å². The first-order chi connectivity index (χ1) is 8.69. The number of anilines is 1. The highest BCUT2D eigenvalue weighted by Gasteiger charge is 2.28. The molecule has 0 aromatic carbocycles. The third-order valence-corrected chi connectivity index (χ3v) is 3.01. The fraction of sp³-hybridized carbons (Fsp3) is 0.692. The largest absolute Gasteiger partial charge is 0.478 e. The molecule has 0 spiro atoms. The van der Waals surface area contributed by atoms with Gasteiger partial charge in [-0.15, -0.1) is 0 Å². The van der Waals surface area contributed by atoms with Crippen LogP contribution in [0.4, 0.5) is 5.95 Å². The van der Waals surface area contributed by atoms with Crippen molar-refractivity contribution in [3.63, 3.8) is 0 Å². The molecular formula is C13H22N4O. The number of aryl methyl sites for hydroxylation is 1. The molecule has 100 valence electrons. The third-order valence-electron chi connectivity index (χ3n) is 3.01. The highest BCUT2D eigenvalue weighted by atomic mass is 16.5. The lowest BCUT2D eigenvalue weighted by Gasteiger charge is -2.12. The van der Waals surface area contributed by atoms with Gasteiger partial charge in [0.15, 0.2) is 0 Å². The molecule has 1 aliphatic rings. The zero-order valence-corrected chi connectivity index (χ0v) is 11.1. The first kappa shape index (κ1) is 13.1. The van der Waals surface area contributed by atoms with Gasteiger partial charge in [0.05, 0.1) is 6.61 Å². The minimum atomic E-state index is 0.203. The van der Waals surface area contributed by atoms with E-state index in [9.17, 15) is 0 Å². The standard InChI is InChI=1S/C13H22N4O/c1-3-6-18-12-7-9(2)16-13(17-12)15-8-11(14)10-4-5-10/h7,10-11H,3-6,8,14H2,1-2H3,(H,15,16,17). The predicted octanol–water partition coefficient (Wildman–Crippen LogP) is 1.72. The van der Waals surface area contributed by atoms with Crippen LogP contribution in [0.3, 0.4) is 0 Å². The minimum absolute atomic E-state index is 0.203. The Kier molecular flexibility index (Phi) is 4.36. The molecule has 0 aliphatic heterocycles. The lowest BCUT2D eigenvalue weighted by atomic mass is 10.2. The maximum Gasteiger partial charge on any atom is 0.226 e. The highest BCUT2D eigenvalue weighted by Crippen LogP contribution is 2.31. The Morgan fingerprint density at radius 1 is 1.50 bits per heavy atom. The Hall–Kier alpha value is -1.36. The summed E-state index contributed by atoms with van der Waals surface area (Å²) in [4.78, 5) is 8.66. The van der Waals surface area contributed by atoms with Crippen molar-refractivity contribution in [3.05, 3.63) is 11.8 Å². The summed E-state index contributed by atoms with van der Waals surface area (Å²) in [5, 5.41) is 3.20. The third kappa shape index (κ3) is 3.84. The molecule has 5 nitrogen and oxygen atoms in total. The summed E-state index contributed by atoms with van der Waals surface area (Å²) in [7, 11) is 0. The van der Waals surface area contributed by atoms with Crippen LogP contribution in [0.15, 0.2) is 6.07 Å². The molecule has 3 N–H and O–H groups in total. The van der Waals surface area contributed by atoms with Crippen LogP contribution in [-0.2, 0) is 0 Å². The molecule has 2 rings (SSSR count). The summed E-state index contributed by atoms with van der Waals surface area (Å²) in [5.41, 5.74) is 6.94. The summed E-state index contributed by atoms with van der Waals surface area (Å²) in [6, 6.07) is 2.05. The van der Waals surface area contributed by atoms with E-state index in [1.165, 1.54) is 12.8 Å². The van der Waals surface area contributed by atoms with Crippen molar-refractivity contribution in [1.29, 1.82) is 0 Å². The van der Waals surface area contributed by atoms with E-state index in [1.807, 2.05) is 13.0 Å². The number of nitrogens with one attached hydrogen (secondary N) is 1. The van der Waals surface area contributed by atoms with Crippen LogP contribution in [0.25, 0.3) is 0 Å². The van der Waals surface area contributed by atoms with Crippen LogP contribution in [-0.4, -0.2) is 29.2 Å². The summed E-state index contributed by atoms with van der Waals surface area (Å²) >= 11 is 0. The second kappa shape index (κ2) is 6.00. The van der Waals surface area contributed by atoms with Gasteiger partial charge in [-0.2, -0.15) is 4.98 Å². The number of nitrogens with zero attached hydrogens (tertiary/aromatic N) is 2. The van der Waals surface area contributed by atoms with Crippen LogP contribution in [0, 0.1) is 12.8 Å². The Morgan fingerprint density at radius 2 is 2.28 bits per heavy atom. The van der Waals surface area contributed by atoms with Crippen LogP contribution < -0.4 is 15.8 Å². The zero-order chi connectivity index (χ0) is 13.0. The van der Waals surface area contributed by atoms with Gasteiger partial charge < -0.3 is 15.8 Å². The Morgan fingerprint density at radius 3 is 2.94 bits per heavy atom. The summed E-state index contributed by atoms with van der Waals surface area (Å²) < 4.78 is 5.52. The van der Waals surface area contributed by atoms with Crippen LogP contribution in [0.2, 0.25) is 0 Å². The maximum atomic E-state index is 6.03. The van der Waals surface area contributed by atoms with E-state index < -0.39 is 0 Å². The quantitative estimate of drug-likeness (QED) is 0.771. The van der Waals surface area contributed by atoms with Gasteiger partial charge in [-0.1, -0.05) is 6.92 Å². The van der Waals surface area contributed by atoms with Crippen molar-refractivity contribution in [1.82, 2.24) is 9.97 Å². The molecule has 18 heavy (non-hydrogen) atoms. The fourth-order valence-electron chi connectivity index (χ4n) is 1.80. The van der Waals surface area contributed by atoms with E-state index >= 15 is 0 Å². The second-order valence-electron chi connectivity index (χ2n) is 4.90. The predicted molar refractivity (Wildman–Crippen MR) is 71.7 cm³/mol. The number of nitrogens with two attached hydrogens (primary N) is 1. The van der Waals surface area contributed by atoms with Gasteiger partial charge in [0.25, 0.3) is 0 Å². The van der Waals surface area contributed by atoms with Crippen molar-refractivity contribution in [3.8, 4) is 5.88 Å². The number of ether oxygens (including phenoxy) is 1. The lowest BCUT2D eigenvalue weighted by Crippen LogP contribution is -2.31. The van der Waals surface area contributed by atoms with E-state index in [0.717, 1.165) is 18.7 Å². The van der Waals surface area contributed by atoms with Crippen molar-refractivity contribution < 1.29 is 4.74 Å². The van der Waals surface area contributed by atoms with Gasteiger partial charge >= 0.3 is 0 Å². The Bertz CT molecular complexity index is 393. The number of hydrogen-bond donors (Lipinski definition) is 2. The molecule has 1 aromatic rings. The number of aromatic nitrogens is 2. The van der Waals surface area contributed by atoms with Gasteiger partial charge in [-0.05, 0) is 32.1 Å². The molecule has 1 aliphatic carbocycles. The van der Waals surface area contributed by atoms with E-state index in [0.29, 0.717) is 24.4 Å². The van der Waals surface area contributed by atoms with E-state index in [-0.39, 0.29) is 6.04 Å². The molecule has 1 aromatic heterocycles. The molecule has 1 fully saturated rings. The van der Waals surface area contributed by atoms with Crippen LogP contribution >= 0.6 is 0 Å². The van der Waals surface area contributed by atoms with Gasteiger partial charge in [-0.25, -0.2) is 4.98 Å². The number of rotatable bonds is 7. The van der Waals surface area contributed by atoms with Gasteiger partial charge in [0, 0.05) is 24.3 Å². The minimum Gasteiger partial charge on any atom is -0.478 e. The van der Waals surface area contributed by atoms with Gasteiger partial charge in [0.1, 0.15) is 0 Å². The lowest BCUT2D eigenvalue weighted by molar-refractivity contribution is 0.305. The summed E-state index contributed by atoms with van der Waals surface area (Å²) in [6.07, 6.45) is 3.48. The highest BCUT2D eigenvalue weighted by molar-refractivity contribution is 5.30. The molecule has 0 radical (unpaired) electrons. The molecule has 0 bridgehead atoms. The van der Waals surface area contributed by atoms with E-state index in [2.05, 4.69) is 22.2 Å². The second-order valence-corrected chi connectivity index (χ2v) is 4.90. The molecule has 1 heterocycles. The average molecular weight is 250 g/mol. The molecule has 1 saturated carbocycles.